The third-order valence-electron chi connectivity index (χ3n) is 5.13. The summed E-state index contributed by atoms with van der Waals surface area (Å²) >= 11 is 0. The lowest BCUT2D eigenvalue weighted by molar-refractivity contribution is 0.635. The topological polar surface area (TPSA) is 66.9 Å². The van der Waals surface area contributed by atoms with Gasteiger partial charge in [0.2, 0.25) is 0 Å². The third kappa shape index (κ3) is 2.29. The van der Waals surface area contributed by atoms with E-state index in [1.165, 1.54) is 0 Å². The van der Waals surface area contributed by atoms with Gasteiger partial charge < -0.3 is 9.80 Å². The highest BCUT2D eigenvalue weighted by molar-refractivity contribution is 5.68. The zero-order chi connectivity index (χ0) is 17.7. The van der Waals surface area contributed by atoms with E-state index in [1.807, 2.05) is 40.5 Å². The van der Waals surface area contributed by atoms with Crippen LogP contribution in [0, 0.1) is 13.8 Å². The second-order valence-corrected chi connectivity index (χ2v) is 6.63. The second kappa shape index (κ2) is 5.69. The van der Waals surface area contributed by atoms with Crippen molar-refractivity contribution in [2.75, 3.05) is 36.0 Å². The molecule has 0 saturated carbocycles. The summed E-state index contributed by atoms with van der Waals surface area (Å²) in [6, 6.07) is 6.12. The van der Waals surface area contributed by atoms with Gasteiger partial charge in [-0.15, -0.1) is 5.10 Å². The van der Waals surface area contributed by atoms with Gasteiger partial charge in [-0.05, 0) is 32.0 Å². The summed E-state index contributed by atoms with van der Waals surface area (Å²) in [5.74, 6) is 1.99. The highest BCUT2D eigenvalue weighted by Gasteiger charge is 2.21. The van der Waals surface area contributed by atoms with Crippen LogP contribution in [-0.2, 0) is 0 Å². The minimum absolute atomic E-state index is 0.902. The van der Waals surface area contributed by atoms with Crippen LogP contribution in [0.25, 0.3) is 11.2 Å². The molecule has 26 heavy (non-hydrogen) atoms. The molecular weight excluding hydrogens is 328 g/mol. The normalized spacial score (nSPS) is 15.3. The van der Waals surface area contributed by atoms with E-state index in [1.54, 1.807) is 6.20 Å². The van der Waals surface area contributed by atoms with Crippen LogP contribution >= 0.6 is 0 Å². The monoisotopic (exact) mass is 348 g/mol. The number of aromatic nitrogens is 6. The Labute approximate surface area is 150 Å². The molecule has 8 nitrogen and oxygen atoms in total. The second-order valence-electron chi connectivity index (χ2n) is 6.63. The fraction of sp³-hybridized carbons (Fsp3) is 0.333. The quantitative estimate of drug-likeness (QED) is 0.549. The summed E-state index contributed by atoms with van der Waals surface area (Å²) in [4.78, 5) is 13.7. The molecule has 5 rings (SSSR count). The molecule has 1 aliphatic heterocycles. The van der Waals surface area contributed by atoms with Crippen molar-refractivity contribution in [1.82, 2.24) is 29.2 Å². The molecule has 8 heteroatoms. The van der Waals surface area contributed by atoms with Gasteiger partial charge >= 0.3 is 0 Å². The van der Waals surface area contributed by atoms with Gasteiger partial charge in [-0.25, -0.2) is 19.0 Å². The molecule has 0 bridgehead atoms. The average Bonchev–Trinajstić information content (AvgIpc) is 3.26. The number of anilines is 2. The lowest BCUT2D eigenvalue weighted by Gasteiger charge is -2.36. The number of hydrogen-bond acceptors (Lipinski definition) is 6. The maximum absolute atomic E-state index is 4.79. The largest absolute Gasteiger partial charge is 0.352 e. The zero-order valence-corrected chi connectivity index (χ0v) is 14.9. The molecule has 1 fully saturated rings. The first-order chi connectivity index (χ1) is 12.7. The predicted octanol–water partition coefficient (Wildman–Crippen LogP) is 1.72. The van der Waals surface area contributed by atoms with Crippen LogP contribution in [0.15, 0.2) is 36.8 Å². The Morgan fingerprint density at radius 1 is 0.923 bits per heavy atom. The molecule has 1 aliphatic rings. The smallest absolute Gasteiger partial charge is 0.154 e. The molecule has 0 unspecified atom stereocenters. The van der Waals surface area contributed by atoms with Gasteiger partial charge in [0.05, 0.1) is 17.6 Å². The Morgan fingerprint density at radius 3 is 2.58 bits per heavy atom. The standard InChI is InChI=1S/C18H20N8/c1-13-14(2)26-16(21-13)3-4-17(22-26)23-9-11-24(12-10-23)18-15-5-6-20-25(15)8-7-19-18/h3-8H,9-12H2,1-2H3. The fourth-order valence-electron chi connectivity index (χ4n) is 3.55. The first kappa shape index (κ1) is 15.1. The van der Waals surface area contributed by atoms with Gasteiger partial charge in [-0.2, -0.15) is 5.10 Å². The van der Waals surface area contributed by atoms with Crippen molar-refractivity contribution in [3.05, 3.63) is 48.2 Å². The fourth-order valence-corrected chi connectivity index (χ4v) is 3.55. The molecule has 0 aromatic carbocycles. The van der Waals surface area contributed by atoms with Gasteiger partial charge in [0.1, 0.15) is 11.3 Å². The molecule has 0 radical (unpaired) electrons. The Kier molecular flexibility index (Phi) is 3.31. The average molecular weight is 348 g/mol. The van der Waals surface area contributed by atoms with Crippen molar-refractivity contribution >= 4 is 22.8 Å². The van der Waals surface area contributed by atoms with Crippen molar-refractivity contribution in [3.8, 4) is 0 Å². The summed E-state index contributed by atoms with van der Waals surface area (Å²) in [6.45, 7) is 7.69. The van der Waals surface area contributed by atoms with Gasteiger partial charge in [-0.3, -0.25) is 0 Å². The number of imidazole rings is 1. The molecule has 0 N–H and O–H groups in total. The molecular formula is C18H20N8. The zero-order valence-electron chi connectivity index (χ0n) is 14.9. The summed E-state index contributed by atoms with van der Waals surface area (Å²) in [6.07, 6.45) is 5.50. The molecule has 132 valence electrons. The lowest BCUT2D eigenvalue weighted by atomic mass is 10.3. The number of nitrogens with zero attached hydrogens (tertiary/aromatic N) is 8. The number of fused-ring (bicyclic) bond motifs is 2. The molecule has 0 amide bonds. The summed E-state index contributed by atoms with van der Waals surface area (Å²) < 4.78 is 3.81. The van der Waals surface area contributed by atoms with Crippen LogP contribution < -0.4 is 9.80 Å². The number of aryl methyl sites for hydroxylation is 2. The summed E-state index contributed by atoms with van der Waals surface area (Å²) in [5, 5.41) is 9.09. The SMILES string of the molecule is Cc1nc2ccc(N3CCN(c4nccn5nccc45)CC3)nn2c1C. The van der Waals surface area contributed by atoms with Crippen molar-refractivity contribution in [2.45, 2.75) is 13.8 Å². The van der Waals surface area contributed by atoms with E-state index in [9.17, 15) is 0 Å². The molecule has 4 aromatic heterocycles. The third-order valence-corrected chi connectivity index (χ3v) is 5.13. The Hall–Kier alpha value is -3.16. The van der Waals surface area contributed by atoms with Crippen molar-refractivity contribution < 1.29 is 0 Å². The summed E-state index contributed by atoms with van der Waals surface area (Å²) in [5.41, 5.74) is 4.07. The summed E-state index contributed by atoms with van der Waals surface area (Å²) in [7, 11) is 0. The van der Waals surface area contributed by atoms with Crippen LogP contribution in [0.5, 0.6) is 0 Å². The van der Waals surface area contributed by atoms with E-state index in [-0.39, 0.29) is 0 Å². The number of piperazine rings is 1. The molecule has 0 spiro atoms. The first-order valence-corrected chi connectivity index (χ1v) is 8.82. The molecule has 0 aliphatic carbocycles. The molecule has 5 heterocycles. The van der Waals surface area contributed by atoms with Crippen LogP contribution in [0.2, 0.25) is 0 Å². The lowest BCUT2D eigenvalue weighted by Crippen LogP contribution is -2.47. The van der Waals surface area contributed by atoms with Crippen LogP contribution in [0.4, 0.5) is 11.6 Å². The van der Waals surface area contributed by atoms with Crippen molar-refractivity contribution in [2.24, 2.45) is 0 Å². The molecule has 1 saturated heterocycles. The van der Waals surface area contributed by atoms with Crippen LogP contribution in [0.1, 0.15) is 11.4 Å². The van der Waals surface area contributed by atoms with E-state index in [0.29, 0.717) is 0 Å². The van der Waals surface area contributed by atoms with E-state index in [0.717, 1.165) is 60.4 Å². The number of hydrogen-bond donors (Lipinski definition) is 0. The van der Waals surface area contributed by atoms with Crippen molar-refractivity contribution in [3.63, 3.8) is 0 Å². The van der Waals surface area contributed by atoms with E-state index in [4.69, 9.17) is 5.10 Å². The van der Waals surface area contributed by atoms with E-state index < -0.39 is 0 Å². The van der Waals surface area contributed by atoms with Crippen LogP contribution in [0.3, 0.4) is 0 Å². The number of rotatable bonds is 2. The minimum atomic E-state index is 0.902. The Balaban J connectivity index is 1.39. The first-order valence-electron chi connectivity index (χ1n) is 8.82. The van der Waals surface area contributed by atoms with E-state index >= 15 is 0 Å². The highest BCUT2D eigenvalue weighted by Crippen LogP contribution is 2.22. The van der Waals surface area contributed by atoms with Crippen molar-refractivity contribution in [1.29, 1.82) is 0 Å². The maximum Gasteiger partial charge on any atom is 0.154 e. The highest BCUT2D eigenvalue weighted by atomic mass is 15.4. The van der Waals surface area contributed by atoms with Gasteiger partial charge in [-0.1, -0.05) is 0 Å². The van der Waals surface area contributed by atoms with Gasteiger partial charge in [0, 0.05) is 38.6 Å². The molecule has 4 aromatic rings. The predicted molar refractivity (Wildman–Crippen MR) is 99.9 cm³/mol. The Bertz CT molecular complexity index is 1090. The maximum atomic E-state index is 4.79. The van der Waals surface area contributed by atoms with E-state index in [2.05, 4.69) is 37.9 Å². The van der Waals surface area contributed by atoms with Crippen LogP contribution in [-0.4, -0.2) is 55.4 Å². The van der Waals surface area contributed by atoms with Gasteiger partial charge in [0.25, 0.3) is 0 Å². The Morgan fingerprint density at radius 2 is 1.73 bits per heavy atom. The molecule has 0 atom stereocenters. The van der Waals surface area contributed by atoms with Gasteiger partial charge in [0.15, 0.2) is 11.5 Å². The minimum Gasteiger partial charge on any atom is -0.352 e.